The molecule has 0 aliphatic carbocycles. The second kappa shape index (κ2) is 16.7. The number of benzene rings is 3. The molecule has 3 aliphatic rings. The molecule has 5 N–H and O–H groups in total. The number of ether oxygens (including phenoxy) is 3. The first kappa shape index (κ1) is 39.3. The van der Waals surface area contributed by atoms with E-state index in [0.717, 1.165) is 36.1 Å². The smallest absolute Gasteiger partial charge is 0.408 e. The summed E-state index contributed by atoms with van der Waals surface area (Å²) in [5.74, 6) is -1.75. The molecule has 4 bridgehead atoms. The maximum atomic E-state index is 14.6. The molecule has 0 radical (unpaired) electrons. The molecule has 2 unspecified atom stereocenters. The lowest BCUT2D eigenvalue weighted by atomic mass is 9.72. The van der Waals surface area contributed by atoms with E-state index >= 15 is 0 Å². The number of aliphatic hydroxyl groups excluding tert-OH is 1. The fraction of sp³-hybridized carbons (Fsp3) is 0.419. The van der Waals surface area contributed by atoms with Gasteiger partial charge in [0.15, 0.2) is 23.7 Å². The van der Waals surface area contributed by atoms with Gasteiger partial charge in [0.05, 0.1) is 13.2 Å². The first-order valence-corrected chi connectivity index (χ1v) is 19.6. The third kappa shape index (κ3) is 7.65. The van der Waals surface area contributed by atoms with Gasteiger partial charge in [-0.25, -0.2) is 14.6 Å². The van der Waals surface area contributed by atoms with Crippen LogP contribution in [0.3, 0.4) is 0 Å². The van der Waals surface area contributed by atoms with Crippen molar-refractivity contribution in [2.45, 2.75) is 102 Å². The largest absolute Gasteiger partial charge is 0.469 e. The first-order chi connectivity index (χ1) is 27.5. The number of amides is 3. The number of oxazole rings is 1. The minimum Gasteiger partial charge on any atom is -0.469 e. The Labute approximate surface area is 331 Å². The molecule has 4 aromatic rings. The molecule has 14 heteroatoms. The third-order valence-electron chi connectivity index (χ3n) is 10.9. The van der Waals surface area contributed by atoms with E-state index < -0.39 is 59.7 Å². The van der Waals surface area contributed by atoms with Gasteiger partial charge in [0, 0.05) is 17.7 Å². The summed E-state index contributed by atoms with van der Waals surface area (Å²) in [4.78, 5) is 59.9. The highest BCUT2D eigenvalue weighted by molar-refractivity contribution is 5.97. The van der Waals surface area contributed by atoms with Crippen LogP contribution >= 0.6 is 0 Å². The Morgan fingerprint density at radius 2 is 1.77 bits per heavy atom. The van der Waals surface area contributed by atoms with Crippen molar-refractivity contribution in [2.24, 2.45) is 5.92 Å². The fourth-order valence-corrected chi connectivity index (χ4v) is 7.96. The summed E-state index contributed by atoms with van der Waals surface area (Å²) in [5, 5.41) is 23.2. The van der Waals surface area contributed by atoms with E-state index in [1.807, 2.05) is 80.6 Å². The summed E-state index contributed by atoms with van der Waals surface area (Å²) in [7, 11) is 1.20. The maximum absolute atomic E-state index is 14.6. The average molecular weight is 780 g/mol. The number of unbranched alkanes of at least 4 members (excludes halogenated alkanes) is 3. The van der Waals surface area contributed by atoms with E-state index in [-0.39, 0.29) is 42.7 Å². The van der Waals surface area contributed by atoms with E-state index in [4.69, 9.17) is 23.6 Å². The number of methoxy groups -OCH3 is 1. The van der Waals surface area contributed by atoms with E-state index in [1.165, 1.54) is 7.11 Å². The lowest BCUT2D eigenvalue weighted by Crippen LogP contribution is -2.50. The van der Waals surface area contributed by atoms with E-state index in [9.17, 15) is 24.3 Å². The molecule has 1 aromatic heterocycles. The molecule has 6 atom stereocenters. The highest BCUT2D eigenvalue weighted by Crippen LogP contribution is 2.58. The van der Waals surface area contributed by atoms with Crippen molar-refractivity contribution in [3.05, 3.63) is 112 Å². The number of nitrogens with one attached hydrogen (secondary N) is 4. The first-order valence-electron chi connectivity index (χ1n) is 19.6. The van der Waals surface area contributed by atoms with Gasteiger partial charge in [-0.15, -0.1) is 0 Å². The summed E-state index contributed by atoms with van der Waals surface area (Å²) < 4.78 is 23.9. The summed E-state index contributed by atoms with van der Waals surface area (Å²) in [6.45, 7) is 5.82. The summed E-state index contributed by atoms with van der Waals surface area (Å²) in [6, 6.07) is 19.0. The molecule has 4 heterocycles. The molecule has 3 aliphatic heterocycles. The Morgan fingerprint density at radius 1 is 1.00 bits per heavy atom. The maximum Gasteiger partial charge on any atom is 0.408 e. The van der Waals surface area contributed by atoms with Gasteiger partial charge in [0.1, 0.15) is 29.9 Å². The number of esters is 1. The van der Waals surface area contributed by atoms with Crippen LogP contribution in [-0.2, 0) is 37.5 Å². The Kier molecular flexibility index (Phi) is 11.5. The molecule has 1 spiro atoms. The number of aliphatic hydroxyl groups is 1. The Bertz CT molecular complexity index is 2120. The molecule has 3 amide bonds. The normalized spacial score (nSPS) is 21.3. The summed E-state index contributed by atoms with van der Waals surface area (Å²) in [5.41, 5.74) is 2.20. The minimum absolute atomic E-state index is 0.0127. The van der Waals surface area contributed by atoms with Crippen molar-refractivity contribution in [1.82, 2.24) is 20.9 Å². The Hall–Kier alpha value is -5.89. The van der Waals surface area contributed by atoms with Gasteiger partial charge in [-0.3, -0.25) is 9.59 Å². The molecule has 7 rings (SSSR count). The van der Waals surface area contributed by atoms with Crippen LogP contribution in [0.5, 0.6) is 5.75 Å². The standard InChI is InChI=1S/C43H49N5O9/c1-5-6-7-11-18-31(49)34(40(52)54-4)47-38(51)35-36-43-27-16-12-13-17-29(27)44-41(43)56-32-20-19-26(21-28(32)43)22-30(37(50)46-33(24(2)3)39(48-35)57-36)45-42(53)55-23-25-14-9-8-10-15-25/h8-10,12-17,19-21,24,30-31,33-34,41,44,49H,5-7,11,18,22-23H2,1-4H3,(H,45,53)(H,46,50)(H,47,51)/t30-,31?,33-,34-,41?,43-/m0/s1. The molecular weight excluding hydrogens is 730 g/mol. The average Bonchev–Trinajstić information content (AvgIpc) is 3.88. The molecule has 300 valence electrons. The lowest BCUT2D eigenvalue weighted by molar-refractivity contribution is -0.146. The number of carbonyl (C=O) groups excluding carboxylic acids is 4. The number of anilines is 1. The fourth-order valence-electron chi connectivity index (χ4n) is 7.96. The van der Waals surface area contributed by atoms with Crippen LogP contribution in [0.4, 0.5) is 10.5 Å². The lowest BCUT2D eigenvalue weighted by Gasteiger charge is -2.29. The van der Waals surface area contributed by atoms with Gasteiger partial charge in [-0.2, -0.15) is 0 Å². The van der Waals surface area contributed by atoms with Gasteiger partial charge in [-0.05, 0) is 41.2 Å². The number of hydrogen-bond donors (Lipinski definition) is 5. The highest BCUT2D eigenvalue weighted by atomic mass is 16.5. The van der Waals surface area contributed by atoms with Crippen molar-refractivity contribution < 1.29 is 42.9 Å². The molecule has 0 saturated carbocycles. The minimum atomic E-state index is -1.39. The van der Waals surface area contributed by atoms with E-state index in [0.29, 0.717) is 23.3 Å². The quantitative estimate of drug-likeness (QED) is 0.0861. The zero-order valence-electron chi connectivity index (χ0n) is 32.5. The zero-order chi connectivity index (χ0) is 40.3. The van der Waals surface area contributed by atoms with Crippen LogP contribution in [0, 0.1) is 5.92 Å². The van der Waals surface area contributed by atoms with Crippen LogP contribution < -0.4 is 26.0 Å². The topological polar surface area (TPSA) is 190 Å². The van der Waals surface area contributed by atoms with Crippen LogP contribution in [0.2, 0.25) is 0 Å². The van der Waals surface area contributed by atoms with E-state index in [1.54, 1.807) is 6.07 Å². The van der Waals surface area contributed by atoms with Crippen molar-refractivity contribution in [3.8, 4) is 5.75 Å². The molecule has 14 nitrogen and oxygen atoms in total. The molecule has 3 aromatic carbocycles. The Morgan fingerprint density at radius 3 is 2.53 bits per heavy atom. The van der Waals surface area contributed by atoms with Crippen LogP contribution in [0.25, 0.3) is 0 Å². The number of hydrogen-bond acceptors (Lipinski definition) is 11. The van der Waals surface area contributed by atoms with Gasteiger partial charge < -0.3 is 45.0 Å². The number of fused-ring (bicyclic) bond motifs is 4. The van der Waals surface area contributed by atoms with Crippen LogP contribution in [0.1, 0.15) is 103 Å². The van der Waals surface area contributed by atoms with E-state index in [2.05, 4.69) is 28.2 Å². The SMILES string of the molecule is CCCCCCC(O)[C@H](NC(=O)c1nc2oc1[C@@]13c4ccccc4NC1Oc1ccc(cc13)C[C@H](NC(=O)OCc1ccccc1)C(=O)N[C@H]2C(C)C)C(=O)OC. The summed E-state index contributed by atoms with van der Waals surface area (Å²) in [6.07, 6.45) is 1.05. The van der Waals surface area contributed by atoms with Gasteiger partial charge in [0.25, 0.3) is 5.91 Å². The Balaban J connectivity index is 1.32. The van der Waals surface area contributed by atoms with Crippen LogP contribution in [-0.4, -0.2) is 65.5 Å². The van der Waals surface area contributed by atoms with Crippen LogP contribution in [0.15, 0.2) is 77.2 Å². The predicted octanol–water partition coefficient (Wildman–Crippen LogP) is 5.42. The second-order valence-electron chi connectivity index (χ2n) is 15.1. The number of aromatic nitrogens is 1. The predicted molar refractivity (Wildman–Crippen MR) is 208 cm³/mol. The van der Waals surface area contributed by atoms with Gasteiger partial charge in [0.2, 0.25) is 11.8 Å². The number of nitrogens with zero attached hydrogens (tertiary/aromatic N) is 1. The number of para-hydroxylation sites is 1. The number of rotatable bonds is 13. The zero-order valence-corrected chi connectivity index (χ0v) is 32.5. The molecule has 0 fully saturated rings. The van der Waals surface area contributed by atoms with Crippen molar-refractivity contribution in [2.75, 3.05) is 12.4 Å². The summed E-state index contributed by atoms with van der Waals surface area (Å²) >= 11 is 0. The van der Waals surface area contributed by atoms with Crippen molar-refractivity contribution in [1.29, 1.82) is 0 Å². The number of carbonyl (C=O) groups is 4. The number of alkyl carbamates (subject to hydrolysis) is 1. The van der Waals surface area contributed by atoms with Gasteiger partial charge in [-0.1, -0.05) is 107 Å². The highest BCUT2D eigenvalue weighted by Gasteiger charge is 2.61. The van der Waals surface area contributed by atoms with Gasteiger partial charge >= 0.3 is 12.1 Å². The molecule has 0 saturated heterocycles. The second-order valence-corrected chi connectivity index (χ2v) is 15.1. The third-order valence-corrected chi connectivity index (χ3v) is 10.9. The monoisotopic (exact) mass is 779 g/mol. The molecular formula is C43H49N5O9. The molecule has 57 heavy (non-hydrogen) atoms. The van der Waals surface area contributed by atoms with Crippen molar-refractivity contribution in [3.63, 3.8) is 0 Å². The van der Waals surface area contributed by atoms with Crippen molar-refractivity contribution >= 4 is 29.6 Å².